The van der Waals surface area contributed by atoms with E-state index in [-0.39, 0.29) is 18.0 Å². The van der Waals surface area contributed by atoms with Gasteiger partial charge in [-0.25, -0.2) is 19.4 Å². The van der Waals surface area contributed by atoms with Crippen molar-refractivity contribution in [2.24, 2.45) is 0 Å². The summed E-state index contributed by atoms with van der Waals surface area (Å²) < 4.78 is 1.91. The average Bonchev–Trinajstić information content (AvgIpc) is 2.92. The first-order valence-electron chi connectivity index (χ1n) is 7.98. The van der Waals surface area contributed by atoms with E-state index in [1.165, 1.54) is 0 Å². The Morgan fingerprint density at radius 3 is 2.91 bits per heavy atom. The maximum atomic E-state index is 12.2. The Kier molecular flexibility index (Phi) is 4.27. The molecule has 1 aliphatic rings. The Morgan fingerprint density at radius 1 is 1.35 bits per heavy atom. The third-order valence-electron chi connectivity index (χ3n) is 3.84. The van der Waals surface area contributed by atoms with E-state index in [0.717, 1.165) is 36.7 Å². The van der Waals surface area contributed by atoms with Gasteiger partial charge in [-0.15, -0.1) is 0 Å². The normalized spacial score (nSPS) is 17.0. The molecule has 0 aliphatic carbocycles. The van der Waals surface area contributed by atoms with Gasteiger partial charge in [0.1, 0.15) is 11.6 Å². The quantitative estimate of drug-likeness (QED) is 0.912. The van der Waals surface area contributed by atoms with Gasteiger partial charge in [0.15, 0.2) is 5.82 Å². The number of nitrogens with one attached hydrogen (secondary N) is 2. The average molecular weight is 314 g/mol. The van der Waals surface area contributed by atoms with Crippen LogP contribution in [0.25, 0.3) is 0 Å². The zero-order chi connectivity index (χ0) is 16.4. The largest absolute Gasteiger partial charge is 0.328 e. The number of pyridine rings is 1. The monoisotopic (exact) mass is 314 g/mol. The highest BCUT2D eigenvalue weighted by molar-refractivity contribution is 5.88. The van der Waals surface area contributed by atoms with Crippen LogP contribution in [0.2, 0.25) is 0 Å². The van der Waals surface area contributed by atoms with Crippen molar-refractivity contribution in [1.29, 1.82) is 0 Å². The molecule has 2 aromatic rings. The molecule has 0 saturated heterocycles. The molecule has 7 nitrogen and oxygen atoms in total. The maximum Gasteiger partial charge on any atom is 0.320 e. The number of rotatable bonds is 3. The fourth-order valence-corrected chi connectivity index (χ4v) is 2.67. The smallest absolute Gasteiger partial charge is 0.320 e. The van der Waals surface area contributed by atoms with Crippen LogP contribution in [0.1, 0.15) is 56.0 Å². The summed E-state index contributed by atoms with van der Waals surface area (Å²) in [4.78, 5) is 21.1. The van der Waals surface area contributed by atoms with Crippen LogP contribution >= 0.6 is 0 Å². The first kappa shape index (κ1) is 15.5. The minimum atomic E-state index is -0.268. The second-order valence-electron chi connectivity index (χ2n) is 6.16. The molecule has 1 atom stereocenters. The van der Waals surface area contributed by atoms with Gasteiger partial charge < -0.3 is 5.32 Å². The summed E-state index contributed by atoms with van der Waals surface area (Å²) in [5.41, 5.74) is 0.863. The van der Waals surface area contributed by atoms with Crippen molar-refractivity contribution in [3.63, 3.8) is 0 Å². The number of fused-ring (bicyclic) bond motifs is 1. The number of urea groups is 1. The van der Waals surface area contributed by atoms with Crippen molar-refractivity contribution < 1.29 is 4.79 Å². The Morgan fingerprint density at radius 2 is 2.17 bits per heavy atom. The van der Waals surface area contributed by atoms with E-state index in [4.69, 9.17) is 0 Å². The molecule has 0 radical (unpaired) electrons. The van der Waals surface area contributed by atoms with Crippen LogP contribution in [-0.4, -0.2) is 25.8 Å². The van der Waals surface area contributed by atoms with Crippen molar-refractivity contribution in [1.82, 2.24) is 25.1 Å². The van der Waals surface area contributed by atoms with Gasteiger partial charge in [-0.05, 0) is 31.9 Å². The number of nitrogens with zero attached hydrogens (tertiary/aromatic N) is 4. The molecule has 0 saturated carbocycles. The second-order valence-corrected chi connectivity index (χ2v) is 6.16. The van der Waals surface area contributed by atoms with Gasteiger partial charge in [0.2, 0.25) is 0 Å². The number of anilines is 1. The summed E-state index contributed by atoms with van der Waals surface area (Å²) >= 11 is 0. The molecular weight excluding hydrogens is 292 g/mol. The van der Waals surface area contributed by atoms with Crippen LogP contribution < -0.4 is 10.6 Å². The number of hydrogen-bond acceptors (Lipinski definition) is 4. The molecule has 23 heavy (non-hydrogen) atoms. The highest BCUT2D eigenvalue weighted by Gasteiger charge is 2.26. The first-order chi connectivity index (χ1) is 11.0. The molecule has 3 heterocycles. The number of carbonyl (C=O) groups is 1. The molecule has 0 fully saturated rings. The van der Waals surface area contributed by atoms with Gasteiger partial charge in [0, 0.05) is 18.2 Å². The molecule has 122 valence electrons. The van der Waals surface area contributed by atoms with Gasteiger partial charge in [0.05, 0.1) is 6.04 Å². The molecule has 0 bridgehead atoms. The van der Waals surface area contributed by atoms with Crippen molar-refractivity contribution in [2.75, 3.05) is 5.32 Å². The first-order valence-corrected chi connectivity index (χ1v) is 7.98. The Hall–Kier alpha value is -2.44. The Bertz CT molecular complexity index is 708. The predicted octanol–water partition coefficient (Wildman–Crippen LogP) is 2.76. The molecule has 1 unspecified atom stereocenters. The molecule has 0 spiro atoms. The van der Waals surface area contributed by atoms with E-state index in [0.29, 0.717) is 5.82 Å². The molecule has 7 heteroatoms. The lowest BCUT2D eigenvalue weighted by Gasteiger charge is -2.23. The predicted molar refractivity (Wildman–Crippen MR) is 87.2 cm³/mol. The summed E-state index contributed by atoms with van der Waals surface area (Å²) in [5, 5.41) is 10.3. The molecule has 2 aromatic heterocycles. The van der Waals surface area contributed by atoms with E-state index in [1.54, 1.807) is 6.07 Å². The van der Waals surface area contributed by atoms with Crippen LogP contribution in [0.15, 0.2) is 18.2 Å². The van der Waals surface area contributed by atoms with E-state index >= 15 is 0 Å². The number of amides is 2. The molecular formula is C16H22N6O. The summed E-state index contributed by atoms with van der Waals surface area (Å²) in [6, 6.07) is 5.14. The fourth-order valence-electron chi connectivity index (χ4n) is 2.67. The molecule has 3 rings (SSSR count). The highest BCUT2D eigenvalue weighted by atomic mass is 16.2. The van der Waals surface area contributed by atoms with Crippen LogP contribution in [0.4, 0.5) is 10.6 Å². The highest BCUT2D eigenvalue weighted by Crippen LogP contribution is 2.24. The van der Waals surface area contributed by atoms with E-state index in [1.807, 2.05) is 23.7 Å². The Labute approximate surface area is 135 Å². The third-order valence-corrected chi connectivity index (χ3v) is 3.84. The SMILES string of the molecule is Cc1cccc(NC(=O)NC2CCCn3nc(C(C)C)nc32)n1. The topological polar surface area (TPSA) is 84.7 Å². The van der Waals surface area contributed by atoms with Gasteiger partial charge in [-0.2, -0.15) is 5.10 Å². The Balaban J connectivity index is 1.70. The molecule has 1 aliphatic heterocycles. The van der Waals surface area contributed by atoms with Gasteiger partial charge in [0.25, 0.3) is 0 Å². The number of aromatic nitrogens is 4. The van der Waals surface area contributed by atoms with E-state index in [2.05, 4.69) is 39.5 Å². The fraction of sp³-hybridized carbons (Fsp3) is 0.500. The van der Waals surface area contributed by atoms with Crippen LogP contribution in [0.3, 0.4) is 0 Å². The molecule has 2 amide bonds. The maximum absolute atomic E-state index is 12.2. The summed E-state index contributed by atoms with van der Waals surface area (Å²) in [7, 11) is 0. The van der Waals surface area contributed by atoms with Crippen molar-refractivity contribution in [3.05, 3.63) is 35.5 Å². The number of hydrogen-bond donors (Lipinski definition) is 2. The standard InChI is InChI=1S/C16H22N6O/c1-10(2)14-20-15-12(7-5-9-22(15)21-14)18-16(23)19-13-8-4-6-11(3)17-13/h4,6,8,10,12H,5,7,9H2,1-3H3,(H2,17,18,19,23). The third kappa shape index (κ3) is 3.49. The van der Waals surface area contributed by atoms with E-state index < -0.39 is 0 Å². The summed E-state index contributed by atoms with van der Waals surface area (Å²) in [5.74, 6) is 2.49. The lowest BCUT2D eigenvalue weighted by atomic mass is 10.1. The molecule has 2 N–H and O–H groups in total. The lowest BCUT2D eigenvalue weighted by molar-refractivity contribution is 0.244. The number of carbonyl (C=O) groups excluding carboxylic acids is 1. The minimum absolute atomic E-state index is 0.117. The van der Waals surface area contributed by atoms with Gasteiger partial charge in [-0.1, -0.05) is 19.9 Å². The second kappa shape index (κ2) is 6.36. The summed E-state index contributed by atoms with van der Waals surface area (Å²) in [6.45, 7) is 6.88. The zero-order valence-electron chi connectivity index (χ0n) is 13.7. The van der Waals surface area contributed by atoms with Gasteiger partial charge >= 0.3 is 6.03 Å². The lowest BCUT2D eigenvalue weighted by Crippen LogP contribution is -2.36. The van der Waals surface area contributed by atoms with Crippen molar-refractivity contribution >= 4 is 11.8 Å². The summed E-state index contributed by atoms with van der Waals surface area (Å²) in [6.07, 6.45) is 1.84. The minimum Gasteiger partial charge on any atom is -0.328 e. The van der Waals surface area contributed by atoms with Crippen LogP contribution in [0.5, 0.6) is 0 Å². The van der Waals surface area contributed by atoms with Crippen molar-refractivity contribution in [3.8, 4) is 0 Å². The number of aryl methyl sites for hydroxylation is 2. The molecule has 0 aromatic carbocycles. The van der Waals surface area contributed by atoms with E-state index in [9.17, 15) is 4.79 Å². The van der Waals surface area contributed by atoms with Crippen LogP contribution in [-0.2, 0) is 6.54 Å². The van der Waals surface area contributed by atoms with Crippen LogP contribution in [0, 0.1) is 6.92 Å². The zero-order valence-corrected chi connectivity index (χ0v) is 13.7. The van der Waals surface area contributed by atoms with Gasteiger partial charge in [-0.3, -0.25) is 5.32 Å². The van der Waals surface area contributed by atoms with Crippen molar-refractivity contribution in [2.45, 2.75) is 52.1 Å².